The molecule has 0 unspecified atom stereocenters. The summed E-state index contributed by atoms with van der Waals surface area (Å²) in [6.07, 6.45) is 0.862. The molecular formula is C18H25IN4O3. The zero-order valence-electron chi connectivity index (χ0n) is 15.0. The van der Waals surface area contributed by atoms with Crippen molar-refractivity contribution in [2.45, 2.75) is 19.9 Å². The lowest BCUT2D eigenvalue weighted by molar-refractivity contribution is 0.0972. The SMILES string of the molecule is CCNC(=NCc1ccc(C(N)=O)o1)NCCc1ccc(OC)cc1.I. The standard InChI is InChI=1S/C18H24N4O3.HI/c1-3-20-18(22-12-15-8-9-16(25-15)17(19)23)21-11-10-13-4-6-14(24-2)7-5-13;/h4-9H,3,10-12H2,1-2H3,(H2,19,23)(H2,20,21,22);1H. The van der Waals surface area contributed by atoms with Gasteiger partial charge < -0.3 is 25.5 Å². The molecule has 0 saturated carbocycles. The van der Waals surface area contributed by atoms with E-state index in [1.807, 2.05) is 31.2 Å². The van der Waals surface area contributed by atoms with E-state index in [0.717, 1.165) is 25.3 Å². The van der Waals surface area contributed by atoms with Crippen molar-refractivity contribution in [3.8, 4) is 5.75 Å². The molecule has 4 N–H and O–H groups in total. The van der Waals surface area contributed by atoms with Crippen LogP contribution in [0.1, 0.15) is 28.8 Å². The molecule has 0 atom stereocenters. The van der Waals surface area contributed by atoms with E-state index in [9.17, 15) is 4.79 Å². The van der Waals surface area contributed by atoms with E-state index in [4.69, 9.17) is 14.9 Å². The number of halogens is 1. The third-order valence-corrected chi connectivity index (χ3v) is 3.51. The number of ether oxygens (including phenoxy) is 1. The van der Waals surface area contributed by atoms with Gasteiger partial charge >= 0.3 is 0 Å². The normalized spacial score (nSPS) is 10.8. The molecule has 2 rings (SSSR count). The highest BCUT2D eigenvalue weighted by Crippen LogP contribution is 2.11. The van der Waals surface area contributed by atoms with Gasteiger partial charge in [0, 0.05) is 13.1 Å². The molecule has 142 valence electrons. The average Bonchev–Trinajstić information content (AvgIpc) is 3.09. The Morgan fingerprint density at radius 1 is 1.19 bits per heavy atom. The van der Waals surface area contributed by atoms with Gasteiger partial charge in [-0.2, -0.15) is 0 Å². The van der Waals surface area contributed by atoms with Gasteiger partial charge in [0.25, 0.3) is 5.91 Å². The number of guanidine groups is 1. The van der Waals surface area contributed by atoms with Crippen molar-refractivity contribution in [2.75, 3.05) is 20.2 Å². The first-order chi connectivity index (χ1) is 12.1. The van der Waals surface area contributed by atoms with E-state index in [-0.39, 0.29) is 29.7 Å². The van der Waals surface area contributed by atoms with Gasteiger partial charge in [-0.1, -0.05) is 12.1 Å². The topological polar surface area (TPSA) is 102 Å². The van der Waals surface area contributed by atoms with E-state index >= 15 is 0 Å². The summed E-state index contributed by atoms with van der Waals surface area (Å²) in [6.45, 7) is 3.81. The molecule has 7 nitrogen and oxygen atoms in total. The second-order valence-corrected chi connectivity index (χ2v) is 5.35. The van der Waals surface area contributed by atoms with Crippen molar-refractivity contribution in [3.63, 3.8) is 0 Å². The predicted octanol–water partition coefficient (Wildman–Crippen LogP) is 2.30. The first-order valence-corrected chi connectivity index (χ1v) is 8.16. The fraction of sp³-hybridized carbons (Fsp3) is 0.333. The summed E-state index contributed by atoms with van der Waals surface area (Å²) in [5.41, 5.74) is 6.38. The minimum absolute atomic E-state index is 0. The number of carbonyl (C=O) groups excluding carboxylic acids is 1. The number of furan rings is 1. The molecule has 0 aliphatic rings. The lowest BCUT2D eigenvalue weighted by atomic mass is 10.1. The summed E-state index contributed by atoms with van der Waals surface area (Å²) in [6, 6.07) is 11.2. The maximum Gasteiger partial charge on any atom is 0.284 e. The highest BCUT2D eigenvalue weighted by molar-refractivity contribution is 14.0. The molecule has 0 radical (unpaired) electrons. The number of methoxy groups -OCH3 is 1. The maximum atomic E-state index is 11.0. The largest absolute Gasteiger partial charge is 0.497 e. The van der Waals surface area contributed by atoms with Crippen molar-refractivity contribution in [2.24, 2.45) is 10.7 Å². The van der Waals surface area contributed by atoms with Crippen LogP contribution < -0.4 is 21.1 Å². The fourth-order valence-corrected chi connectivity index (χ4v) is 2.21. The molecule has 0 saturated heterocycles. The molecule has 1 aromatic heterocycles. The Balaban J connectivity index is 0.00000338. The quantitative estimate of drug-likeness (QED) is 0.311. The molecule has 0 aliphatic heterocycles. The first-order valence-electron chi connectivity index (χ1n) is 8.16. The van der Waals surface area contributed by atoms with Gasteiger partial charge in [0.2, 0.25) is 0 Å². The Labute approximate surface area is 170 Å². The van der Waals surface area contributed by atoms with E-state index < -0.39 is 5.91 Å². The number of amides is 1. The summed E-state index contributed by atoms with van der Waals surface area (Å²) in [5.74, 6) is 1.68. The van der Waals surface area contributed by atoms with Crippen LogP contribution in [0.5, 0.6) is 5.75 Å². The van der Waals surface area contributed by atoms with Gasteiger partial charge in [-0.05, 0) is 43.2 Å². The Kier molecular flexibility index (Phi) is 9.56. The van der Waals surface area contributed by atoms with Gasteiger partial charge in [-0.3, -0.25) is 4.79 Å². The molecule has 1 amide bonds. The number of nitrogens with two attached hydrogens (primary N) is 1. The molecule has 0 bridgehead atoms. The van der Waals surface area contributed by atoms with E-state index in [2.05, 4.69) is 15.6 Å². The number of rotatable bonds is 8. The van der Waals surface area contributed by atoms with Crippen LogP contribution in [0.2, 0.25) is 0 Å². The molecule has 0 aliphatic carbocycles. The number of hydrogen-bond donors (Lipinski definition) is 3. The van der Waals surface area contributed by atoms with Crippen molar-refractivity contribution < 1.29 is 13.9 Å². The van der Waals surface area contributed by atoms with Crippen LogP contribution in [-0.4, -0.2) is 32.1 Å². The van der Waals surface area contributed by atoms with Gasteiger partial charge in [-0.15, -0.1) is 24.0 Å². The maximum absolute atomic E-state index is 11.0. The third-order valence-electron chi connectivity index (χ3n) is 3.51. The van der Waals surface area contributed by atoms with Crippen molar-refractivity contribution in [3.05, 3.63) is 53.5 Å². The summed E-state index contributed by atoms with van der Waals surface area (Å²) in [7, 11) is 1.65. The first kappa shape index (κ1) is 21.8. The highest BCUT2D eigenvalue weighted by Gasteiger charge is 2.07. The molecule has 1 aromatic carbocycles. The van der Waals surface area contributed by atoms with E-state index in [1.54, 1.807) is 19.2 Å². The van der Waals surface area contributed by atoms with Gasteiger partial charge in [0.1, 0.15) is 18.1 Å². The Morgan fingerprint density at radius 3 is 2.50 bits per heavy atom. The van der Waals surface area contributed by atoms with Crippen LogP contribution in [-0.2, 0) is 13.0 Å². The summed E-state index contributed by atoms with van der Waals surface area (Å²) in [4.78, 5) is 15.5. The molecule has 26 heavy (non-hydrogen) atoms. The van der Waals surface area contributed by atoms with Crippen LogP contribution in [0.4, 0.5) is 0 Å². The zero-order chi connectivity index (χ0) is 18.1. The van der Waals surface area contributed by atoms with Crippen LogP contribution in [0.25, 0.3) is 0 Å². The smallest absolute Gasteiger partial charge is 0.284 e. The number of aliphatic imine (C=N–C) groups is 1. The predicted molar refractivity (Wildman–Crippen MR) is 112 cm³/mol. The van der Waals surface area contributed by atoms with Crippen LogP contribution in [0, 0.1) is 0 Å². The molecule has 8 heteroatoms. The number of primary amides is 1. The van der Waals surface area contributed by atoms with Crippen LogP contribution >= 0.6 is 24.0 Å². The Morgan fingerprint density at radius 2 is 1.92 bits per heavy atom. The van der Waals surface area contributed by atoms with E-state index in [0.29, 0.717) is 18.3 Å². The zero-order valence-corrected chi connectivity index (χ0v) is 17.3. The Hall–Kier alpha value is -2.23. The molecule has 0 fully saturated rings. The second-order valence-electron chi connectivity index (χ2n) is 5.35. The highest BCUT2D eigenvalue weighted by atomic mass is 127. The third kappa shape index (κ3) is 6.95. The van der Waals surface area contributed by atoms with Crippen LogP contribution in [0.3, 0.4) is 0 Å². The van der Waals surface area contributed by atoms with Crippen molar-refractivity contribution in [1.29, 1.82) is 0 Å². The minimum atomic E-state index is -0.584. The number of carbonyl (C=O) groups is 1. The summed E-state index contributed by atoms with van der Waals surface area (Å²) in [5, 5.41) is 6.44. The molecular weight excluding hydrogens is 447 g/mol. The summed E-state index contributed by atoms with van der Waals surface area (Å²) >= 11 is 0. The van der Waals surface area contributed by atoms with Gasteiger partial charge in [0.15, 0.2) is 11.7 Å². The Bertz CT molecular complexity index is 713. The second kappa shape index (κ2) is 11.4. The number of nitrogens with one attached hydrogen (secondary N) is 2. The molecule has 0 spiro atoms. The fourth-order valence-electron chi connectivity index (χ4n) is 2.21. The van der Waals surface area contributed by atoms with Gasteiger partial charge in [0.05, 0.1) is 7.11 Å². The van der Waals surface area contributed by atoms with Gasteiger partial charge in [-0.25, -0.2) is 4.99 Å². The summed E-state index contributed by atoms with van der Waals surface area (Å²) < 4.78 is 10.5. The lowest BCUT2D eigenvalue weighted by Gasteiger charge is -2.11. The molecule has 1 heterocycles. The monoisotopic (exact) mass is 472 g/mol. The average molecular weight is 472 g/mol. The van der Waals surface area contributed by atoms with Crippen molar-refractivity contribution >= 4 is 35.8 Å². The molecule has 2 aromatic rings. The van der Waals surface area contributed by atoms with Crippen molar-refractivity contribution in [1.82, 2.24) is 10.6 Å². The number of hydrogen-bond acceptors (Lipinski definition) is 4. The lowest BCUT2D eigenvalue weighted by Crippen LogP contribution is -2.38. The van der Waals surface area contributed by atoms with E-state index in [1.165, 1.54) is 5.56 Å². The minimum Gasteiger partial charge on any atom is -0.497 e. The van der Waals surface area contributed by atoms with Crippen LogP contribution in [0.15, 0.2) is 45.8 Å². The number of nitrogens with zero attached hydrogens (tertiary/aromatic N) is 1. The number of benzene rings is 1.